The minimum Gasteiger partial charge on any atom is -0.463 e. The lowest BCUT2D eigenvalue weighted by atomic mass is 9.98. The predicted molar refractivity (Wildman–Crippen MR) is 162 cm³/mol. The molecule has 1 saturated heterocycles. The van der Waals surface area contributed by atoms with Crippen LogP contribution in [0.1, 0.15) is 47.5 Å². The van der Waals surface area contributed by atoms with Crippen molar-refractivity contribution in [2.75, 3.05) is 65.9 Å². The van der Waals surface area contributed by atoms with Gasteiger partial charge in [0.1, 0.15) is 18.5 Å². The minimum atomic E-state index is -1.34. The van der Waals surface area contributed by atoms with Crippen molar-refractivity contribution in [1.82, 2.24) is 4.90 Å². The van der Waals surface area contributed by atoms with Gasteiger partial charge in [0.2, 0.25) is 12.4 Å². The van der Waals surface area contributed by atoms with E-state index in [1.54, 1.807) is 6.08 Å². The highest BCUT2D eigenvalue weighted by molar-refractivity contribution is 5.68. The van der Waals surface area contributed by atoms with Crippen molar-refractivity contribution in [3.63, 3.8) is 0 Å². The normalized spacial score (nSPS) is 22.1. The van der Waals surface area contributed by atoms with Gasteiger partial charge in [-0.3, -0.25) is 19.2 Å². The summed E-state index contributed by atoms with van der Waals surface area (Å²) < 4.78 is 50.6. The van der Waals surface area contributed by atoms with Crippen LogP contribution in [0.15, 0.2) is 28.7 Å². The van der Waals surface area contributed by atoms with E-state index in [0.29, 0.717) is 64.9 Å². The van der Waals surface area contributed by atoms with Crippen LogP contribution in [0.3, 0.4) is 0 Å². The summed E-state index contributed by atoms with van der Waals surface area (Å²) in [5.74, 6) is -2.34. The molecule has 2 rings (SSSR count). The van der Waals surface area contributed by atoms with E-state index in [2.05, 4.69) is 14.9 Å². The third-order valence-electron chi connectivity index (χ3n) is 6.70. The van der Waals surface area contributed by atoms with Gasteiger partial charge in [0.05, 0.1) is 45.3 Å². The Morgan fingerprint density at radius 2 is 1.47 bits per heavy atom. The summed E-state index contributed by atoms with van der Waals surface area (Å²) in [6.07, 6.45) is -1.33. The van der Waals surface area contributed by atoms with Gasteiger partial charge in [-0.2, -0.15) is 0 Å². The molecule has 0 saturated carbocycles. The van der Waals surface area contributed by atoms with Crippen molar-refractivity contribution in [1.29, 1.82) is 0 Å². The highest BCUT2D eigenvalue weighted by Gasteiger charge is 2.53. The standard InChI is InChI=1S/C30H46N4O13/c1-6-34(12-14-40-16-18-41-17-15-39-13-11-32-33-31)24-9-7-8-10-25(24)46-30-29(45-23(5)38)28(44-22(4)37)27(43-21(3)36)26(47-30)19-42-20(2)35/h8,10,26-30H,6-7,9,11-19H2,1-5H3/t26-,27+,28+,29-,30-/m1/s1. The predicted octanol–water partition coefficient (Wildman–Crippen LogP) is 2.33. The molecule has 0 amide bonds. The van der Waals surface area contributed by atoms with Gasteiger partial charge in [0.25, 0.3) is 0 Å². The Balaban J connectivity index is 2.15. The lowest BCUT2D eigenvalue weighted by Crippen LogP contribution is -2.62. The number of nitrogens with zero attached hydrogens (tertiary/aromatic N) is 4. The molecule has 0 aromatic carbocycles. The third kappa shape index (κ3) is 14.6. The third-order valence-corrected chi connectivity index (χ3v) is 6.70. The Morgan fingerprint density at radius 3 is 2.06 bits per heavy atom. The zero-order chi connectivity index (χ0) is 34.6. The molecular weight excluding hydrogens is 624 g/mol. The number of hydrogen-bond donors (Lipinski definition) is 0. The molecule has 0 radical (unpaired) electrons. The van der Waals surface area contributed by atoms with Crippen LogP contribution in [0.4, 0.5) is 0 Å². The molecule has 0 N–H and O–H groups in total. The number of rotatable bonds is 21. The van der Waals surface area contributed by atoms with Crippen molar-refractivity contribution >= 4 is 23.9 Å². The molecule has 0 spiro atoms. The zero-order valence-corrected chi connectivity index (χ0v) is 27.6. The quantitative estimate of drug-likeness (QED) is 0.0430. The van der Waals surface area contributed by atoms with Gasteiger partial charge in [-0.1, -0.05) is 11.2 Å². The van der Waals surface area contributed by atoms with E-state index < -0.39 is 54.6 Å². The van der Waals surface area contributed by atoms with Gasteiger partial charge < -0.3 is 47.5 Å². The summed E-state index contributed by atoms with van der Waals surface area (Å²) in [5, 5.41) is 3.39. The Kier molecular flexibility index (Phi) is 18.2. The van der Waals surface area contributed by atoms with E-state index in [-0.39, 0.29) is 13.2 Å². The number of azide groups is 1. The molecule has 1 aliphatic heterocycles. The smallest absolute Gasteiger partial charge is 0.303 e. The fraction of sp³-hybridized carbons (Fsp3) is 0.733. The Hall–Kier alpha value is -3.89. The van der Waals surface area contributed by atoms with Crippen LogP contribution in [0, 0.1) is 0 Å². The number of hydrogen-bond acceptors (Lipinski definition) is 15. The summed E-state index contributed by atoms with van der Waals surface area (Å²) >= 11 is 0. The molecule has 5 atom stereocenters. The van der Waals surface area contributed by atoms with Gasteiger partial charge in [0.15, 0.2) is 12.2 Å². The average molecular weight is 671 g/mol. The second kappa shape index (κ2) is 21.8. The summed E-state index contributed by atoms with van der Waals surface area (Å²) in [6.45, 7) is 10.0. The number of ether oxygens (including phenoxy) is 9. The molecule has 0 aromatic rings. The number of carbonyl (C=O) groups is 4. The SMILES string of the molecule is CCN(CCOCCOCCOCCN=[N+]=[N-])C1=C(O[C@@H]2O[C@H](COC(C)=O)[C@H](OC(C)=O)[C@H](OC(C)=O)[C@H]2OC(C)=O)C=CCC1. The van der Waals surface area contributed by atoms with Crippen molar-refractivity contribution < 1.29 is 61.8 Å². The maximum absolute atomic E-state index is 12.2. The summed E-state index contributed by atoms with van der Waals surface area (Å²) in [4.78, 5) is 52.7. The molecule has 0 aromatic heterocycles. The molecule has 0 bridgehead atoms. The van der Waals surface area contributed by atoms with Crippen molar-refractivity contribution in [3.05, 3.63) is 34.1 Å². The fourth-order valence-corrected chi connectivity index (χ4v) is 4.81. The first-order chi connectivity index (χ1) is 22.6. The van der Waals surface area contributed by atoms with Gasteiger partial charge in [-0.05, 0) is 31.4 Å². The molecular formula is C30H46N4O13. The second-order valence-electron chi connectivity index (χ2n) is 10.3. The number of carbonyl (C=O) groups excluding carboxylic acids is 4. The lowest BCUT2D eigenvalue weighted by molar-refractivity contribution is -0.299. The van der Waals surface area contributed by atoms with Crippen molar-refractivity contribution in [3.8, 4) is 0 Å². The Bertz CT molecular complexity index is 1140. The first-order valence-corrected chi connectivity index (χ1v) is 15.4. The number of likely N-dealkylation sites (N-methyl/N-ethyl adjacent to an activating group) is 1. The lowest BCUT2D eigenvalue weighted by Gasteiger charge is -2.44. The molecule has 264 valence electrons. The second-order valence-corrected chi connectivity index (χ2v) is 10.3. The van der Waals surface area contributed by atoms with E-state index in [1.807, 2.05) is 13.0 Å². The molecule has 47 heavy (non-hydrogen) atoms. The molecule has 17 nitrogen and oxygen atoms in total. The van der Waals surface area contributed by atoms with Crippen LogP contribution in [0.25, 0.3) is 10.4 Å². The molecule has 1 fully saturated rings. The van der Waals surface area contributed by atoms with E-state index in [1.165, 1.54) is 13.8 Å². The average Bonchev–Trinajstić information content (AvgIpc) is 3.01. The summed E-state index contributed by atoms with van der Waals surface area (Å²) in [7, 11) is 0. The van der Waals surface area contributed by atoms with Gasteiger partial charge in [-0.15, -0.1) is 0 Å². The fourth-order valence-electron chi connectivity index (χ4n) is 4.81. The number of esters is 4. The molecule has 1 heterocycles. The Labute approximate surface area is 273 Å². The highest BCUT2D eigenvalue weighted by atomic mass is 16.7. The first-order valence-electron chi connectivity index (χ1n) is 15.4. The maximum atomic E-state index is 12.2. The van der Waals surface area contributed by atoms with Crippen LogP contribution >= 0.6 is 0 Å². The summed E-state index contributed by atoms with van der Waals surface area (Å²) in [5.41, 5.74) is 9.09. The number of allylic oxidation sites excluding steroid dienone is 3. The molecule has 2 aliphatic rings. The molecule has 17 heteroatoms. The van der Waals surface area contributed by atoms with E-state index >= 15 is 0 Å². The van der Waals surface area contributed by atoms with Crippen molar-refractivity contribution in [2.45, 2.75) is 78.2 Å². The van der Waals surface area contributed by atoms with Crippen molar-refractivity contribution in [2.24, 2.45) is 5.11 Å². The molecule has 0 unspecified atom stereocenters. The van der Waals surface area contributed by atoms with Crippen LogP contribution in [-0.4, -0.2) is 125 Å². The summed E-state index contributed by atoms with van der Waals surface area (Å²) in [6, 6.07) is 0. The largest absolute Gasteiger partial charge is 0.463 e. The van der Waals surface area contributed by atoms with Crippen LogP contribution in [-0.2, 0) is 61.8 Å². The van der Waals surface area contributed by atoms with Crippen LogP contribution in [0.2, 0.25) is 0 Å². The highest BCUT2D eigenvalue weighted by Crippen LogP contribution is 2.33. The van der Waals surface area contributed by atoms with Gasteiger partial charge >= 0.3 is 23.9 Å². The first kappa shape index (κ1) is 39.3. The maximum Gasteiger partial charge on any atom is 0.303 e. The van der Waals surface area contributed by atoms with Crippen LogP contribution in [0.5, 0.6) is 0 Å². The van der Waals surface area contributed by atoms with Gasteiger partial charge in [0, 0.05) is 52.2 Å². The monoisotopic (exact) mass is 670 g/mol. The molecule has 1 aliphatic carbocycles. The Morgan fingerprint density at radius 1 is 0.872 bits per heavy atom. The minimum absolute atomic E-state index is 0.273. The van der Waals surface area contributed by atoms with Crippen LogP contribution < -0.4 is 0 Å². The van der Waals surface area contributed by atoms with E-state index in [0.717, 1.165) is 26.0 Å². The topological polar surface area (TPSA) is 203 Å². The van der Waals surface area contributed by atoms with E-state index in [9.17, 15) is 19.2 Å². The van der Waals surface area contributed by atoms with Gasteiger partial charge in [-0.25, -0.2) is 0 Å². The zero-order valence-electron chi connectivity index (χ0n) is 27.6. The van der Waals surface area contributed by atoms with E-state index in [4.69, 9.17) is 48.2 Å².